The third-order valence-electron chi connectivity index (χ3n) is 3.13. The lowest BCUT2D eigenvalue weighted by molar-refractivity contribution is -0.137. The lowest BCUT2D eigenvalue weighted by Crippen LogP contribution is -2.30. The van der Waals surface area contributed by atoms with Crippen molar-refractivity contribution in [3.8, 4) is 5.75 Å². The van der Waals surface area contributed by atoms with E-state index < -0.39 is 5.79 Å². The predicted octanol–water partition coefficient (Wildman–Crippen LogP) is 3.85. The van der Waals surface area contributed by atoms with E-state index in [0.717, 1.165) is 26.8 Å². The zero-order valence-corrected chi connectivity index (χ0v) is 15.7. The fourth-order valence-corrected chi connectivity index (χ4v) is 3.71. The van der Waals surface area contributed by atoms with Gasteiger partial charge in [-0.1, -0.05) is 15.9 Å². The van der Waals surface area contributed by atoms with Crippen molar-refractivity contribution in [1.29, 1.82) is 0 Å². The topological polar surface area (TPSA) is 39.7 Å². The van der Waals surface area contributed by atoms with Gasteiger partial charge in [0.1, 0.15) is 5.75 Å². The van der Waals surface area contributed by atoms with Gasteiger partial charge < -0.3 is 19.5 Å². The van der Waals surface area contributed by atoms with Crippen LogP contribution in [0, 0.1) is 0 Å². The van der Waals surface area contributed by atoms with E-state index in [0.29, 0.717) is 19.8 Å². The van der Waals surface area contributed by atoms with Crippen LogP contribution in [0.3, 0.4) is 0 Å². The molecule has 0 aliphatic carbocycles. The zero-order chi connectivity index (χ0) is 15.5. The highest BCUT2D eigenvalue weighted by atomic mass is 79.9. The van der Waals surface area contributed by atoms with Crippen molar-refractivity contribution >= 4 is 31.9 Å². The van der Waals surface area contributed by atoms with E-state index >= 15 is 0 Å². The second kappa shape index (κ2) is 7.42. The van der Waals surface area contributed by atoms with Crippen molar-refractivity contribution < 1.29 is 14.2 Å². The van der Waals surface area contributed by atoms with Crippen LogP contribution < -0.4 is 10.1 Å². The fraction of sp³-hybridized carbons (Fsp3) is 0.600. The van der Waals surface area contributed by atoms with Crippen molar-refractivity contribution in [2.75, 3.05) is 19.8 Å². The Morgan fingerprint density at radius 2 is 2.14 bits per heavy atom. The van der Waals surface area contributed by atoms with Gasteiger partial charge in [0.2, 0.25) is 0 Å². The van der Waals surface area contributed by atoms with Gasteiger partial charge in [0.05, 0.1) is 23.8 Å². The molecule has 1 fully saturated rings. The quantitative estimate of drug-likeness (QED) is 0.755. The molecular formula is C15H21Br2NO3. The van der Waals surface area contributed by atoms with Crippen LogP contribution in [0.4, 0.5) is 0 Å². The molecule has 1 atom stereocenters. The normalized spacial score (nSPS) is 20.7. The summed E-state index contributed by atoms with van der Waals surface area (Å²) in [6, 6.07) is 4.06. The summed E-state index contributed by atoms with van der Waals surface area (Å²) in [6.45, 7) is 8.59. The molecule has 118 valence electrons. The molecule has 1 aromatic rings. The van der Waals surface area contributed by atoms with Gasteiger partial charge in [-0.05, 0) is 48.8 Å². The van der Waals surface area contributed by atoms with E-state index in [9.17, 15) is 0 Å². The molecule has 0 amide bonds. The van der Waals surface area contributed by atoms with E-state index in [4.69, 9.17) is 14.2 Å². The van der Waals surface area contributed by atoms with Crippen molar-refractivity contribution in [3.05, 3.63) is 26.6 Å². The smallest absolute Gasteiger partial charge is 0.163 e. The SMILES string of the molecule is CCOc1c(Br)cc(Br)cc1CNCC1COC(C)(C)O1. The molecule has 0 saturated carbocycles. The Bertz CT molecular complexity index is 494. The first-order valence-corrected chi connectivity index (χ1v) is 8.63. The lowest BCUT2D eigenvalue weighted by Gasteiger charge is -2.18. The van der Waals surface area contributed by atoms with Crippen LogP contribution in [0.15, 0.2) is 21.1 Å². The minimum atomic E-state index is -0.471. The molecule has 2 rings (SSSR count). The van der Waals surface area contributed by atoms with Gasteiger partial charge in [0, 0.05) is 23.1 Å². The predicted molar refractivity (Wildman–Crippen MR) is 89.6 cm³/mol. The third kappa shape index (κ3) is 4.93. The van der Waals surface area contributed by atoms with Crippen LogP contribution in [0.1, 0.15) is 26.3 Å². The summed E-state index contributed by atoms with van der Waals surface area (Å²) >= 11 is 7.06. The molecule has 1 heterocycles. The summed E-state index contributed by atoms with van der Waals surface area (Å²) in [5.41, 5.74) is 1.11. The average molecular weight is 423 g/mol. The summed E-state index contributed by atoms with van der Waals surface area (Å²) in [6.07, 6.45) is 0.0890. The second-order valence-corrected chi connectivity index (χ2v) is 7.16. The van der Waals surface area contributed by atoms with Gasteiger partial charge in [0.15, 0.2) is 5.79 Å². The molecule has 0 radical (unpaired) electrons. The van der Waals surface area contributed by atoms with E-state index in [-0.39, 0.29) is 6.10 Å². The van der Waals surface area contributed by atoms with Crippen molar-refractivity contribution in [1.82, 2.24) is 5.32 Å². The number of benzene rings is 1. The van der Waals surface area contributed by atoms with Gasteiger partial charge in [-0.3, -0.25) is 0 Å². The Labute approximate surface area is 142 Å². The highest BCUT2D eigenvalue weighted by Crippen LogP contribution is 2.33. The van der Waals surface area contributed by atoms with Crippen LogP contribution in [-0.2, 0) is 16.0 Å². The van der Waals surface area contributed by atoms with Crippen molar-refractivity contribution in [3.63, 3.8) is 0 Å². The minimum Gasteiger partial charge on any atom is -0.492 e. The third-order valence-corrected chi connectivity index (χ3v) is 4.18. The summed E-state index contributed by atoms with van der Waals surface area (Å²) < 4.78 is 19.0. The van der Waals surface area contributed by atoms with E-state index in [1.807, 2.05) is 26.8 Å². The van der Waals surface area contributed by atoms with Crippen LogP contribution in [0.25, 0.3) is 0 Å². The molecular weight excluding hydrogens is 402 g/mol. The number of halogens is 2. The average Bonchev–Trinajstić information content (AvgIpc) is 2.73. The molecule has 1 N–H and O–H groups in total. The molecule has 1 aliphatic rings. The summed E-state index contributed by atoms with van der Waals surface area (Å²) in [5.74, 6) is 0.416. The number of hydrogen-bond donors (Lipinski definition) is 1. The van der Waals surface area contributed by atoms with Crippen LogP contribution in [-0.4, -0.2) is 31.6 Å². The summed E-state index contributed by atoms with van der Waals surface area (Å²) in [4.78, 5) is 0. The molecule has 4 nitrogen and oxygen atoms in total. The highest BCUT2D eigenvalue weighted by molar-refractivity contribution is 9.11. The van der Waals surface area contributed by atoms with Crippen LogP contribution in [0.5, 0.6) is 5.75 Å². The molecule has 21 heavy (non-hydrogen) atoms. The molecule has 1 aromatic carbocycles. The number of nitrogens with one attached hydrogen (secondary N) is 1. The first-order valence-electron chi connectivity index (χ1n) is 7.04. The van der Waals surface area contributed by atoms with Crippen LogP contribution >= 0.6 is 31.9 Å². The number of rotatable bonds is 6. The van der Waals surface area contributed by atoms with E-state index in [1.165, 1.54) is 0 Å². The largest absolute Gasteiger partial charge is 0.492 e. The van der Waals surface area contributed by atoms with E-state index in [1.54, 1.807) is 0 Å². The zero-order valence-electron chi connectivity index (χ0n) is 12.5. The highest BCUT2D eigenvalue weighted by Gasteiger charge is 2.32. The van der Waals surface area contributed by atoms with Crippen LogP contribution in [0.2, 0.25) is 0 Å². The molecule has 6 heteroatoms. The Morgan fingerprint density at radius 1 is 1.38 bits per heavy atom. The van der Waals surface area contributed by atoms with Gasteiger partial charge in [0.25, 0.3) is 0 Å². The van der Waals surface area contributed by atoms with Crippen molar-refractivity contribution in [2.24, 2.45) is 0 Å². The Morgan fingerprint density at radius 3 is 2.76 bits per heavy atom. The van der Waals surface area contributed by atoms with Gasteiger partial charge in [-0.25, -0.2) is 0 Å². The second-order valence-electron chi connectivity index (χ2n) is 5.39. The maximum atomic E-state index is 5.78. The fourth-order valence-electron chi connectivity index (χ4n) is 2.28. The molecule has 1 saturated heterocycles. The maximum Gasteiger partial charge on any atom is 0.163 e. The summed E-state index contributed by atoms with van der Waals surface area (Å²) in [7, 11) is 0. The number of hydrogen-bond acceptors (Lipinski definition) is 4. The number of ether oxygens (including phenoxy) is 3. The van der Waals surface area contributed by atoms with Gasteiger partial charge in [-0.15, -0.1) is 0 Å². The van der Waals surface area contributed by atoms with Gasteiger partial charge in [-0.2, -0.15) is 0 Å². The maximum absolute atomic E-state index is 5.78. The monoisotopic (exact) mass is 421 g/mol. The Hall–Kier alpha value is -0.140. The Balaban J connectivity index is 1.93. The summed E-state index contributed by atoms with van der Waals surface area (Å²) in [5, 5.41) is 3.41. The van der Waals surface area contributed by atoms with E-state index in [2.05, 4.69) is 43.2 Å². The molecule has 1 aliphatic heterocycles. The Kier molecular flexibility index (Phi) is 6.08. The first-order chi connectivity index (χ1) is 9.91. The first kappa shape index (κ1) is 17.2. The molecule has 0 spiro atoms. The lowest BCUT2D eigenvalue weighted by atomic mass is 10.2. The molecule has 0 bridgehead atoms. The van der Waals surface area contributed by atoms with Crippen molar-refractivity contribution in [2.45, 2.75) is 39.2 Å². The molecule has 0 aromatic heterocycles. The standard InChI is InChI=1S/C15H21Br2NO3/c1-4-19-14-10(5-11(16)6-13(14)17)7-18-8-12-9-20-15(2,3)21-12/h5-6,12,18H,4,7-9H2,1-3H3. The molecule has 1 unspecified atom stereocenters. The minimum absolute atomic E-state index is 0.0890. The van der Waals surface area contributed by atoms with Gasteiger partial charge >= 0.3 is 0 Å².